The van der Waals surface area contributed by atoms with Crippen molar-refractivity contribution >= 4 is 39.3 Å². The molecule has 2 aromatic rings. The molecule has 0 bridgehead atoms. The summed E-state index contributed by atoms with van der Waals surface area (Å²) < 4.78 is 5.23. The van der Waals surface area contributed by atoms with Crippen molar-refractivity contribution in [3.63, 3.8) is 0 Å². The first-order chi connectivity index (χ1) is 10.7. The van der Waals surface area contributed by atoms with Gasteiger partial charge in [0.15, 0.2) is 0 Å². The molecule has 0 saturated heterocycles. The molecule has 22 heavy (non-hydrogen) atoms. The van der Waals surface area contributed by atoms with Crippen molar-refractivity contribution in [3.05, 3.63) is 16.8 Å². The Morgan fingerprint density at radius 3 is 3.05 bits per heavy atom. The summed E-state index contributed by atoms with van der Waals surface area (Å²) in [6.45, 7) is 4.36. The fraction of sp³-hybridized carbons (Fsp3) is 0.562. The minimum absolute atomic E-state index is 0.164. The number of fused-ring (bicyclic) bond motifs is 3. The van der Waals surface area contributed by atoms with E-state index in [-0.39, 0.29) is 11.2 Å². The topological polar surface area (TPSA) is 52.1 Å². The van der Waals surface area contributed by atoms with Crippen molar-refractivity contribution in [2.24, 2.45) is 0 Å². The summed E-state index contributed by atoms with van der Waals surface area (Å²) in [5.41, 5.74) is 1.41. The van der Waals surface area contributed by atoms with Gasteiger partial charge in [0.25, 0.3) is 0 Å². The van der Waals surface area contributed by atoms with E-state index in [4.69, 9.17) is 4.74 Å². The number of aryl methyl sites for hydroxylation is 2. The number of thioether (sulfide) groups is 1. The first-order valence-electron chi connectivity index (χ1n) is 7.79. The number of ether oxygens (including phenoxy) is 1. The molecule has 0 aromatic carbocycles. The van der Waals surface area contributed by atoms with E-state index in [1.807, 2.05) is 13.8 Å². The Kier molecular flexibility index (Phi) is 4.98. The van der Waals surface area contributed by atoms with Gasteiger partial charge in [-0.2, -0.15) is 0 Å². The molecule has 0 N–H and O–H groups in total. The van der Waals surface area contributed by atoms with E-state index in [1.165, 1.54) is 40.4 Å². The summed E-state index contributed by atoms with van der Waals surface area (Å²) in [5, 5.41) is 1.84. The number of nitrogens with zero attached hydrogens (tertiary/aromatic N) is 2. The number of esters is 1. The van der Waals surface area contributed by atoms with E-state index >= 15 is 0 Å². The van der Waals surface area contributed by atoms with Gasteiger partial charge in [-0.1, -0.05) is 18.7 Å². The van der Waals surface area contributed by atoms with Gasteiger partial charge in [-0.05, 0) is 44.6 Å². The fourth-order valence-corrected chi connectivity index (χ4v) is 4.92. The largest absolute Gasteiger partial charge is 0.465 e. The normalized spacial score (nSPS) is 15.5. The third-order valence-electron chi connectivity index (χ3n) is 3.79. The fourth-order valence-electron chi connectivity index (χ4n) is 2.69. The van der Waals surface area contributed by atoms with E-state index in [2.05, 4.69) is 9.97 Å². The molecule has 0 radical (unpaired) electrons. The smallest absolute Gasteiger partial charge is 0.319 e. The number of aromatic nitrogens is 2. The highest BCUT2D eigenvalue weighted by Crippen LogP contribution is 2.40. The van der Waals surface area contributed by atoms with Gasteiger partial charge >= 0.3 is 5.97 Å². The van der Waals surface area contributed by atoms with Crippen LogP contribution >= 0.6 is 23.1 Å². The summed E-state index contributed by atoms with van der Waals surface area (Å²) in [4.78, 5) is 23.4. The Hall–Kier alpha value is -1.14. The van der Waals surface area contributed by atoms with Crippen molar-refractivity contribution in [2.45, 2.75) is 56.2 Å². The lowest BCUT2D eigenvalue weighted by Crippen LogP contribution is -2.17. The van der Waals surface area contributed by atoms with Crippen LogP contribution in [0.5, 0.6) is 0 Å². The highest BCUT2D eigenvalue weighted by atomic mass is 32.2. The van der Waals surface area contributed by atoms with Crippen molar-refractivity contribution in [2.75, 3.05) is 6.61 Å². The lowest BCUT2D eigenvalue weighted by molar-refractivity contribution is -0.142. The monoisotopic (exact) mass is 336 g/mol. The number of hydrogen-bond donors (Lipinski definition) is 0. The van der Waals surface area contributed by atoms with Gasteiger partial charge in [0.2, 0.25) is 0 Å². The summed E-state index contributed by atoms with van der Waals surface area (Å²) in [6.07, 6.45) is 7.19. The number of hydrogen-bond acceptors (Lipinski definition) is 6. The molecule has 118 valence electrons. The van der Waals surface area contributed by atoms with Crippen LogP contribution < -0.4 is 0 Å². The lowest BCUT2D eigenvalue weighted by Gasteiger charge is -2.13. The van der Waals surface area contributed by atoms with Gasteiger partial charge in [0, 0.05) is 10.3 Å². The maximum absolute atomic E-state index is 12.0. The molecule has 0 saturated carbocycles. The van der Waals surface area contributed by atoms with Crippen LogP contribution in [0.2, 0.25) is 0 Å². The summed E-state index contributed by atoms with van der Waals surface area (Å²) in [5.74, 6) is -0.164. The molecule has 3 rings (SSSR count). The van der Waals surface area contributed by atoms with Crippen LogP contribution in [0.3, 0.4) is 0 Å². The predicted molar refractivity (Wildman–Crippen MR) is 90.6 cm³/mol. The van der Waals surface area contributed by atoms with Crippen LogP contribution in [0, 0.1) is 0 Å². The van der Waals surface area contributed by atoms with Gasteiger partial charge in [-0.3, -0.25) is 4.79 Å². The molecular weight excluding hydrogens is 316 g/mol. The van der Waals surface area contributed by atoms with Crippen LogP contribution in [-0.2, 0) is 22.4 Å². The second-order valence-corrected chi connectivity index (χ2v) is 7.91. The van der Waals surface area contributed by atoms with Crippen molar-refractivity contribution < 1.29 is 9.53 Å². The molecule has 0 spiro atoms. The third-order valence-corrected chi connectivity index (χ3v) is 6.06. The first-order valence-corrected chi connectivity index (χ1v) is 9.48. The predicted octanol–water partition coefficient (Wildman–Crippen LogP) is 4.00. The van der Waals surface area contributed by atoms with Crippen LogP contribution in [0.1, 0.15) is 43.6 Å². The van der Waals surface area contributed by atoms with Gasteiger partial charge in [-0.25, -0.2) is 9.97 Å². The van der Waals surface area contributed by atoms with E-state index in [1.54, 1.807) is 17.7 Å². The summed E-state index contributed by atoms with van der Waals surface area (Å²) >= 11 is 3.27. The lowest BCUT2D eigenvalue weighted by atomic mass is 9.97. The molecule has 2 heterocycles. The van der Waals surface area contributed by atoms with Gasteiger partial charge in [0.1, 0.15) is 21.4 Å². The minimum atomic E-state index is -0.246. The number of carbonyl (C=O) groups excluding carboxylic acids is 1. The number of carbonyl (C=O) groups is 1. The quantitative estimate of drug-likeness (QED) is 0.469. The molecule has 0 fully saturated rings. The Morgan fingerprint density at radius 1 is 1.41 bits per heavy atom. The number of thiophene rings is 1. The molecule has 0 unspecified atom stereocenters. The average molecular weight is 336 g/mol. The molecule has 1 aliphatic carbocycles. The summed E-state index contributed by atoms with van der Waals surface area (Å²) in [6, 6.07) is 0. The van der Waals surface area contributed by atoms with Crippen LogP contribution in [0.15, 0.2) is 11.4 Å². The van der Waals surface area contributed by atoms with E-state index < -0.39 is 0 Å². The Balaban J connectivity index is 1.87. The van der Waals surface area contributed by atoms with Gasteiger partial charge in [-0.15, -0.1) is 11.3 Å². The Morgan fingerprint density at radius 2 is 2.23 bits per heavy atom. The molecule has 0 aliphatic heterocycles. The standard InChI is InChI=1S/C16H20N2O2S2/c1-3-8-20-16(19)10(2)21-14-13-11-6-4-5-7-12(11)22-15(13)18-9-17-14/h9-10H,3-8H2,1-2H3/t10-/m1/s1. The molecule has 0 amide bonds. The van der Waals surface area contributed by atoms with E-state index in [0.29, 0.717) is 6.61 Å². The van der Waals surface area contributed by atoms with Gasteiger partial charge < -0.3 is 4.74 Å². The molecule has 4 nitrogen and oxygen atoms in total. The second kappa shape index (κ2) is 6.96. The second-order valence-electron chi connectivity index (χ2n) is 5.50. The van der Waals surface area contributed by atoms with Crippen LogP contribution in [0.25, 0.3) is 10.2 Å². The zero-order valence-electron chi connectivity index (χ0n) is 12.9. The maximum atomic E-state index is 12.0. The third kappa shape index (κ3) is 3.13. The Bertz CT molecular complexity index is 684. The maximum Gasteiger partial charge on any atom is 0.319 e. The van der Waals surface area contributed by atoms with E-state index in [9.17, 15) is 4.79 Å². The molecule has 1 atom stereocenters. The van der Waals surface area contributed by atoms with Gasteiger partial charge in [0.05, 0.1) is 6.61 Å². The van der Waals surface area contributed by atoms with E-state index in [0.717, 1.165) is 29.1 Å². The summed E-state index contributed by atoms with van der Waals surface area (Å²) in [7, 11) is 0. The minimum Gasteiger partial charge on any atom is -0.465 e. The first kappa shape index (κ1) is 15.7. The molecule has 1 aliphatic rings. The zero-order chi connectivity index (χ0) is 15.5. The average Bonchev–Trinajstić information content (AvgIpc) is 2.92. The van der Waals surface area contributed by atoms with Crippen LogP contribution in [0.4, 0.5) is 0 Å². The molecular formula is C16H20N2O2S2. The zero-order valence-corrected chi connectivity index (χ0v) is 14.6. The highest BCUT2D eigenvalue weighted by Gasteiger charge is 2.23. The van der Waals surface area contributed by atoms with Crippen LogP contribution in [-0.4, -0.2) is 27.8 Å². The molecule has 2 aromatic heterocycles. The van der Waals surface area contributed by atoms with Crippen molar-refractivity contribution in [1.29, 1.82) is 0 Å². The molecule has 6 heteroatoms. The Labute approximate surface area is 138 Å². The SMILES string of the molecule is CCCOC(=O)[C@@H](C)Sc1ncnc2sc3c(c12)CCCC3. The number of rotatable bonds is 5. The van der Waals surface area contributed by atoms with Crippen molar-refractivity contribution in [3.8, 4) is 0 Å². The highest BCUT2D eigenvalue weighted by molar-refractivity contribution is 8.00. The van der Waals surface area contributed by atoms with Crippen molar-refractivity contribution in [1.82, 2.24) is 9.97 Å².